The molecule has 8 nitrogen and oxygen atoms in total. The first-order valence-corrected chi connectivity index (χ1v) is 9.45. The van der Waals surface area contributed by atoms with Gasteiger partial charge in [-0.2, -0.15) is 0 Å². The van der Waals surface area contributed by atoms with Gasteiger partial charge in [-0.1, -0.05) is 0 Å². The van der Waals surface area contributed by atoms with Crippen molar-refractivity contribution in [3.05, 3.63) is 0 Å². The summed E-state index contributed by atoms with van der Waals surface area (Å²) in [6.45, 7) is 9.76. The molecule has 3 aliphatic rings. The van der Waals surface area contributed by atoms with Gasteiger partial charge in [-0.15, -0.1) is 0 Å². The fraction of sp³-hybridized carbons (Fsp3) is 1.00. The summed E-state index contributed by atoms with van der Waals surface area (Å²) in [6.07, 6.45) is 0. The number of hydrogen-bond donors (Lipinski definition) is 0. The molecule has 0 aromatic heterocycles. The number of ether oxygens (including phenoxy) is 8. The maximum atomic E-state index is 5.74. The molecular formula is C18H32O8. The Kier molecular flexibility index (Phi) is 8.54. The molecule has 0 saturated carbocycles. The van der Waals surface area contributed by atoms with E-state index in [4.69, 9.17) is 37.9 Å². The van der Waals surface area contributed by atoms with E-state index in [-0.39, 0.29) is 10.8 Å². The van der Waals surface area contributed by atoms with Crippen molar-refractivity contribution in [2.45, 2.75) is 0 Å². The second kappa shape index (κ2) is 10.9. The van der Waals surface area contributed by atoms with Gasteiger partial charge >= 0.3 is 0 Å². The van der Waals surface area contributed by atoms with E-state index < -0.39 is 0 Å². The van der Waals surface area contributed by atoms with E-state index in [1.54, 1.807) is 0 Å². The molecule has 8 heteroatoms. The Bertz CT molecular complexity index is 323. The van der Waals surface area contributed by atoms with Crippen molar-refractivity contribution in [3.8, 4) is 0 Å². The number of rotatable bonds is 0. The van der Waals surface area contributed by atoms with Crippen LogP contribution in [0.3, 0.4) is 0 Å². The fourth-order valence-electron chi connectivity index (χ4n) is 3.03. The van der Waals surface area contributed by atoms with E-state index in [2.05, 4.69) is 0 Å². The molecule has 3 saturated heterocycles. The highest BCUT2D eigenvalue weighted by Crippen LogP contribution is 2.29. The SMILES string of the molecule is C1COCC2(COCCOCCOCC3(COCCO1)COC3)COC2. The van der Waals surface area contributed by atoms with Crippen molar-refractivity contribution in [2.75, 3.05) is 106 Å². The third-order valence-electron chi connectivity index (χ3n) is 4.75. The molecule has 3 rings (SSSR count). The molecule has 0 N–H and O–H groups in total. The van der Waals surface area contributed by atoms with Crippen LogP contribution in [0.25, 0.3) is 0 Å². The van der Waals surface area contributed by atoms with E-state index in [1.807, 2.05) is 0 Å². The molecule has 0 radical (unpaired) electrons. The molecule has 2 spiro atoms. The Morgan fingerprint density at radius 3 is 0.731 bits per heavy atom. The van der Waals surface area contributed by atoms with Crippen LogP contribution in [-0.2, 0) is 37.9 Å². The summed E-state index contributed by atoms with van der Waals surface area (Å²) >= 11 is 0. The van der Waals surface area contributed by atoms with E-state index in [0.29, 0.717) is 106 Å². The van der Waals surface area contributed by atoms with Gasteiger partial charge in [0.25, 0.3) is 0 Å². The Morgan fingerprint density at radius 1 is 0.269 bits per heavy atom. The highest BCUT2D eigenvalue weighted by Gasteiger charge is 2.40. The summed E-state index contributed by atoms with van der Waals surface area (Å²) in [4.78, 5) is 0. The van der Waals surface area contributed by atoms with Gasteiger partial charge in [-0.25, -0.2) is 0 Å². The van der Waals surface area contributed by atoms with E-state index >= 15 is 0 Å². The van der Waals surface area contributed by atoms with Crippen LogP contribution in [0.5, 0.6) is 0 Å². The number of hydrogen-bond acceptors (Lipinski definition) is 8. The molecule has 0 aromatic rings. The Labute approximate surface area is 155 Å². The van der Waals surface area contributed by atoms with Crippen LogP contribution in [0, 0.1) is 10.8 Å². The summed E-state index contributed by atoms with van der Waals surface area (Å²) in [5.41, 5.74) is -0.0432. The van der Waals surface area contributed by atoms with Crippen LogP contribution in [0.4, 0.5) is 0 Å². The lowest BCUT2D eigenvalue weighted by Crippen LogP contribution is -2.50. The van der Waals surface area contributed by atoms with Gasteiger partial charge in [-0.05, 0) is 0 Å². The lowest BCUT2D eigenvalue weighted by atomic mass is 9.88. The molecule has 0 aromatic carbocycles. The van der Waals surface area contributed by atoms with Gasteiger partial charge in [-0.3, -0.25) is 0 Å². The lowest BCUT2D eigenvalue weighted by molar-refractivity contribution is -0.187. The van der Waals surface area contributed by atoms with Crippen LogP contribution < -0.4 is 0 Å². The quantitative estimate of drug-likeness (QED) is 0.591. The maximum Gasteiger partial charge on any atom is 0.0701 e. The Balaban J connectivity index is 1.37. The first-order valence-electron chi connectivity index (χ1n) is 9.45. The predicted molar refractivity (Wildman–Crippen MR) is 91.4 cm³/mol. The standard InChI is InChI=1S/C18H32O8/c1-5-21-9-17(13-25-14-17)10-23-7-3-20-4-8-24-12-18(15-26-16-18)11-22-6-2-19-1/h1-16H2. The minimum Gasteiger partial charge on any atom is -0.380 e. The molecule has 0 aliphatic carbocycles. The molecule has 3 heterocycles. The Hall–Kier alpha value is -0.320. The molecule has 0 unspecified atom stereocenters. The van der Waals surface area contributed by atoms with Crippen molar-refractivity contribution in [3.63, 3.8) is 0 Å². The van der Waals surface area contributed by atoms with Gasteiger partial charge < -0.3 is 37.9 Å². The first kappa shape index (κ1) is 20.4. The molecule has 26 heavy (non-hydrogen) atoms. The minimum atomic E-state index is -0.0216. The van der Waals surface area contributed by atoms with Crippen LogP contribution in [-0.4, -0.2) is 106 Å². The molecule has 0 atom stereocenters. The van der Waals surface area contributed by atoms with Crippen LogP contribution in [0.1, 0.15) is 0 Å². The maximum absolute atomic E-state index is 5.74. The van der Waals surface area contributed by atoms with Crippen molar-refractivity contribution < 1.29 is 37.9 Å². The van der Waals surface area contributed by atoms with Gasteiger partial charge in [0.05, 0.1) is 117 Å². The third kappa shape index (κ3) is 6.38. The first-order chi connectivity index (χ1) is 12.8. The smallest absolute Gasteiger partial charge is 0.0701 e. The molecule has 0 bridgehead atoms. The highest BCUT2D eigenvalue weighted by atomic mass is 16.6. The average molecular weight is 376 g/mol. The molecule has 3 fully saturated rings. The summed E-state index contributed by atoms with van der Waals surface area (Å²) in [7, 11) is 0. The van der Waals surface area contributed by atoms with Crippen LogP contribution >= 0.6 is 0 Å². The highest BCUT2D eigenvalue weighted by molar-refractivity contribution is 4.86. The molecule has 152 valence electrons. The second-order valence-electron chi connectivity index (χ2n) is 7.42. The van der Waals surface area contributed by atoms with Crippen molar-refractivity contribution in [1.82, 2.24) is 0 Å². The Morgan fingerprint density at radius 2 is 0.500 bits per heavy atom. The molecular weight excluding hydrogens is 344 g/mol. The van der Waals surface area contributed by atoms with E-state index in [1.165, 1.54) is 0 Å². The predicted octanol–water partition coefficient (Wildman–Crippen LogP) is 0.133. The average Bonchev–Trinajstić information content (AvgIpc) is 2.58. The zero-order valence-electron chi connectivity index (χ0n) is 15.6. The van der Waals surface area contributed by atoms with Gasteiger partial charge in [0, 0.05) is 0 Å². The normalized spacial score (nSPS) is 29.5. The summed E-state index contributed by atoms with van der Waals surface area (Å²) in [6, 6.07) is 0. The van der Waals surface area contributed by atoms with Gasteiger partial charge in [0.15, 0.2) is 0 Å². The zero-order chi connectivity index (χ0) is 18.0. The summed E-state index contributed by atoms with van der Waals surface area (Å²) < 4.78 is 44.8. The molecule has 0 amide bonds. The van der Waals surface area contributed by atoms with E-state index in [0.717, 1.165) is 0 Å². The van der Waals surface area contributed by atoms with Gasteiger partial charge in [0.1, 0.15) is 0 Å². The fourth-order valence-corrected chi connectivity index (χ4v) is 3.03. The minimum absolute atomic E-state index is 0.0216. The van der Waals surface area contributed by atoms with Crippen molar-refractivity contribution in [1.29, 1.82) is 0 Å². The van der Waals surface area contributed by atoms with Crippen LogP contribution in [0.2, 0.25) is 0 Å². The zero-order valence-corrected chi connectivity index (χ0v) is 15.6. The second-order valence-corrected chi connectivity index (χ2v) is 7.42. The van der Waals surface area contributed by atoms with E-state index in [9.17, 15) is 0 Å². The largest absolute Gasteiger partial charge is 0.380 e. The van der Waals surface area contributed by atoms with Crippen LogP contribution in [0.15, 0.2) is 0 Å². The van der Waals surface area contributed by atoms with Gasteiger partial charge in [0.2, 0.25) is 0 Å². The summed E-state index contributed by atoms with van der Waals surface area (Å²) in [5, 5.41) is 0. The monoisotopic (exact) mass is 376 g/mol. The molecule has 3 aliphatic heterocycles. The van der Waals surface area contributed by atoms with Crippen molar-refractivity contribution >= 4 is 0 Å². The third-order valence-corrected chi connectivity index (χ3v) is 4.75. The topological polar surface area (TPSA) is 73.8 Å². The lowest BCUT2D eigenvalue weighted by Gasteiger charge is -2.41. The van der Waals surface area contributed by atoms with Crippen molar-refractivity contribution in [2.24, 2.45) is 10.8 Å². The summed E-state index contributed by atoms with van der Waals surface area (Å²) in [5.74, 6) is 0.